The fourth-order valence-corrected chi connectivity index (χ4v) is 0.645. The van der Waals surface area contributed by atoms with E-state index >= 15 is 0 Å². The van der Waals surface area contributed by atoms with Gasteiger partial charge in [-0.2, -0.15) is 0 Å². The Morgan fingerprint density at radius 3 is 2.54 bits per heavy atom. The first kappa shape index (κ1) is 9.16. The van der Waals surface area contributed by atoms with Crippen LogP contribution in [0, 0.1) is 11.8 Å². The fraction of sp³-hybridized carbons (Fsp3) is 0.125. The first-order chi connectivity index (χ1) is 6.24. The molecule has 66 valence electrons. The number of carbonyl (C=O) groups is 1. The summed E-state index contributed by atoms with van der Waals surface area (Å²) in [5.41, 5.74) is 0.471. The SMILES string of the molecule is O=C(O)c1ncc(C#CCO)cn1. The molecule has 0 spiro atoms. The summed E-state index contributed by atoms with van der Waals surface area (Å²) < 4.78 is 0. The molecule has 5 nitrogen and oxygen atoms in total. The highest BCUT2D eigenvalue weighted by atomic mass is 16.4. The van der Waals surface area contributed by atoms with Gasteiger partial charge in [-0.05, 0) is 0 Å². The van der Waals surface area contributed by atoms with Crippen LogP contribution in [-0.4, -0.2) is 32.8 Å². The number of hydrogen-bond donors (Lipinski definition) is 2. The second-order valence-electron chi connectivity index (χ2n) is 2.06. The maximum atomic E-state index is 10.3. The zero-order valence-electron chi connectivity index (χ0n) is 6.56. The lowest BCUT2D eigenvalue weighted by molar-refractivity contribution is 0.0683. The van der Waals surface area contributed by atoms with E-state index < -0.39 is 5.97 Å². The number of nitrogens with zero attached hydrogens (tertiary/aromatic N) is 2. The highest BCUT2D eigenvalue weighted by Gasteiger charge is 2.03. The minimum atomic E-state index is -1.18. The van der Waals surface area contributed by atoms with Crippen molar-refractivity contribution in [2.45, 2.75) is 0 Å². The Kier molecular flexibility index (Phi) is 2.95. The van der Waals surface area contributed by atoms with Gasteiger partial charge in [0.2, 0.25) is 5.82 Å². The van der Waals surface area contributed by atoms with Crippen molar-refractivity contribution in [3.8, 4) is 11.8 Å². The average Bonchev–Trinajstić information content (AvgIpc) is 2.15. The number of aliphatic hydroxyl groups is 1. The molecule has 5 heteroatoms. The van der Waals surface area contributed by atoms with Crippen LogP contribution in [0.2, 0.25) is 0 Å². The summed E-state index contributed by atoms with van der Waals surface area (Å²) in [6, 6.07) is 0. The molecule has 1 aromatic heterocycles. The van der Waals surface area contributed by atoms with Crippen LogP contribution < -0.4 is 0 Å². The number of aromatic nitrogens is 2. The third kappa shape index (κ3) is 2.54. The number of carboxylic acid groups (broad SMARTS) is 1. The van der Waals surface area contributed by atoms with Gasteiger partial charge in [-0.25, -0.2) is 14.8 Å². The van der Waals surface area contributed by atoms with Crippen LogP contribution in [-0.2, 0) is 0 Å². The molecule has 0 saturated carbocycles. The predicted octanol–water partition coefficient (Wildman–Crippen LogP) is -0.481. The summed E-state index contributed by atoms with van der Waals surface area (Å²) >= 11 is 0. The molecule has 0 saturated heterocycles. The van der Waals surface area contributed by atoms with Gasteiger partial charge in [0.25, 0.3) is 0 Å². The van der Waals surface area contributed by atoms with Gasteiger partial charge in [-0.1, -0.05) is 11.8 Å². The van der Waals surface area contributed by atoms with Crippen LogP contribution in [0.15, 0.2) is 12.4 Å². The van der Waals surface area contributed by atoms with Crippen LogP contribution in [0.1, 0.15) is 16.2 Å². The van der Waals surface area contributed by atoms with Crippen molar-refractivity contribution in [3.05, 3.63) is 23.8 Å². The molecule has 1 heterocycles. The number of rotatable bonds is 1. The van der Waals surface area contributed by atoms with Crippen molar-refractivity contribution in [1.29, 1.82) is 0 Å². The number of hydrogen-bond acceptors (Lipinski definition) is 4. The Morgan fingerprint density at radius 1 is 1.46 bits per heavy atom. The molecular formula is C8H6N2O3. The average molecular weight is 178 g/mol. The van der Waals surface area contributed by atoms with Crippen molar-refractivity contribution in [2.75, 3.05) is 6.61 Å². The zero-order chi connectivity index (χ0) is 9.68. The van der Waals surface area contributed by atoms with E-state index in [-0.39, 0.29) is 12.4 Å². The van der Waals surface area contributed by atoms with E-state index in [2.05, 4.69) is 21.8 Å². The van der Waals surface area contributed by atoms with Crippen molar-refractivity contribution >= 4 is 5.97 Å². The van der Waals surface area contributed by atoms with E-state index in [1.54, 1.807) is 0 Å². The number of aromatic carboxylic acids is 1. The summed E-state index contributed by atoms with van der Waals surface area (Å²) in [6.07, 6.45) is 2.58. The minimum Gasteiger partial charge on any atom is -0.475 e. The Bertz CT molecular complexity index is 361. The Morgan fingerprint density at radius 2 is 2.08 bits per heavy atom. The quantitative estimate of drug-likeness (QED) is 0.567. The number of carboxylic acids is 1. The summed E-state index contributed by atoms with van der Waals surface area (Å²) in [6.45, 7) is -0.249. The molecule has 0 aliphatic rings. The summed E-state index contributed by atoms with van der Waals surface area (Å²) in [7, 11) is 0. The Labute approximate surface area is 74.1 Å². The highest BCUT2D eigenvalue weighted by molar-refractivity contribution is 5.82. The molecule has 2 N–H and O–H groups in total. The molecule has 1 rings (SSSR count). The fourth-order valence-electron chi connectivity index (χ4n) is 0.645. The molecule has 0 amide bonds. The van der Waals surface area contributed by atoms with Crippen molar-refractivity contribution in [3.63, 3.8) is 0 Å². The van der Waals surface area contributed by atoms with Crippen molar-refractivity contribution in [2.24, 2.45) is 0 Å². The monoisotopic (exact) mass is 178 g/mol. The number of aliphatic hydroxyl groups excluding tert-OH is 1. The van der Waals surface area contributed by atoms with Crippen molar-refractivity contribution < 1.29 is 15.0 Å². The van der Waals surface area contributed by atoms with Crippen molar-refractivity contribution in [1.82, 2.24) is 9.97 Å². The standard InChI is InChI=1S/C8H6N2O3/c11-3-1-2-6-4-9-7(8(12)13)10-5-6/h4-5,11H,3H2,(H,12,13). The van der Waals surface area contributed by atoms with E-state index in [1.807, 2.05) is 0 Å². The summed E-state index contributed by atoms with van der Waals surface area (Å²) in [4.78, 5) is 17.4. The maximum absolute atomic E-state index is 10.3. The maximum Gasteiger partial charge on any atom is 0.373 e. The summed E-state index contributed by atoms with van der Waals surface area (Å²) in [5.74, 6) is 3.49. The van der Waals surface area contributed by atoms with E-state index in [0.29, 0.717) is 5.56 Å². The van der Waals surface area contributed by atoms with Crippen LogP contribution in [0.25, 0.3) is 0 Å². The summed E-state index contributed by atoms with van der Waals surface area (Å²) in [5, 5.41) is 16.8. The van der Waals surface area contributed by atoms with Gasteiger partial charge >= 0.3 is 5.97 Å². The van der Waals surface area contributed by atoms with Gasteiger partial charge in [0.1, 0.15) is 6.61 Å². The molecule has 0 aliphatic carbocycles. The lowest BCUT2D eigenvalue weighted by Crippen LogP contribution is -2.03. The lowest BCUT2D eigenvalue weighted by Gasteiger charge is -1.91. The van der Waals surface area contributed by atoms with E-state index in [9.17, 15) is 4.79 Å². The van der Waals surface area contributed by atoms with E-state index in [1.165, 1.54) is 12.4 Å². The zero-order valence-corrected chi connectivity index (χ0v) is 6.56. The molecule has 0 fully saturated rings. The second kappa shape index (κ2) is 4.18. The van der Waals surface area contributed by atoms with Gasteiger partial charge in [-0.15, -0.1) is 0 Å². The van der Waals surface area contributed by atoms with Gasteiger partial charge < -0.3 is 10.2 Å². The molecule has 0 unspecified atom stereocenters. The first-order valence-electron chi connectivity index (χ1n) is 3.39. The van der Waals surface area contributed by atoms with Crippen LogP contribution in [0.4, 0.5) is 0 Å². The van der Waals surface area contributed by atoms with E-state index in [0.717, 1.165) is 0 Å². The molecule has 0 bridgehead atoms. The molecule has 0 aliphatic heterocycles. The highest BCUT2D eigenvalue weighted by Crippen LogP contribution is 1.93. The lowest BCUT2D eigenvalue weighted by atomic mass is 10.3. The Balaban J connectivity index is 2.87. The second-order valence-corrected chi connectivity index (χ2v) is 2.06. The third-order valence-electron chi connectivity index (χ3n) is 1.15. The molecule has 0 atom stereocenters. The third-order valence-corrected chi connectivity index (χ3v) is 1.15. The Hall–Kier alpha value is -1.93. The van der Waals surface area contributed by atoms with Gasteiger partial charge in [0, 0.05) is 12.4 Å². The topological polar surface area (TPSA) is 83.3 Å². The van der Waals surface area contributed by atoms with Crippen LogP contribution >= 0.6 is 0 Å². The van der Waals surface area contributed by atoms with Crippen LogP contribution in [0.5, 0.6) is 0 Å². The van der Waals surface area contributed by atoms with Crippen LogP contribution in [0.3, 0.4) is 0 Å². The smallest absolute Gasteiger partial charge is 0.373 e. The molecule has 13 heavy (non-hydrogen) atoms. The molecule has 0 radical (unpaired) electrons. The van der Waals surface area contributed by atoms with E-state index in [4.69, 9.17) is 10.2 Å². The van der Waals surface area contributed by atoms with Gasteiger partial charge in [0.15, 0.2) is 0 Å². The van der Waals surface area contributed by atoms with Gasteiger partial charge in [0.05, 0.1) is 5.56 Å². The van der Waals surface area contributed by atoms with Gasteiger partial charge in [-0.3, -0.25) is 0 Å². The molecule has 0 aromatic carbocycles. The normalized spacial score (nSPS) is 8.69. The molecule has 1 aromatic rings. The first-order valence-corrected chi connectivity index (χ1v) is 3.39. The minimum absolute atomic E-state index is 0.249. The largest absolute Gasteiger partial charge is 0.475 e. The molecular weight excluding hydrogens is 172 g/mol. The predicted molar refractivity (Wildman–Crippen MR) is 43.0 cm³/mol.